The number of hydrogen-bond donors (Lipinski definition) is 2. The van der Waals surface area contributed by atoms with Crippen LogP contribution >= 0.6 is 22.7 Å². The first kappa shape index (κ1) is 16.9. The van der Waals surface area contributed by atoms with Crippen LogP contribution in [-0.2, 0) is 6.42 Å². The number of amides is 2. The average Bonchev–Trinajstić information content (AvgIpc) is 3.21. The Balaban J connectivity index is 1.36. The zero-order chi connectivity index (χ0) is 17.9. The standard InChI is InChI=1S/C19H18N4OS2/c1-12-21-16-15(25-12)10-9-14-17(16)26-19(22-14)23-18(24)20-11-5-8-13-6-3-2-4-7-13/h2-4,6-7,9-10H,5,8,11H2,1H3,(H2,20,22,23,24). The van der Waals surface area contributed by atoms with Gasteiger partial charge in [0.05, 0.1) is 19.9 Å². The molecule has 2 amide bonds. The first-order valence-electron chi connectivity index (χ1n) is 8.44. The van der Waals surface area contributed by atoms with Gasteiger partial charge in [0.15, 0.2) is 5.13 Å². The monoisotopic (exact) mass is 382 g/mol. The highest BCUT2D eigenvalue weighted by atomic mass is 32.1. The molecule has 4 rings (SSSR count). The normalized spacial score (nSPS) is 11.1. The maximum Gasteiger partial charge on any atom is 0.321 e. The lowest BCUT2D eigenvalue weighted by Crippen LogP contribution is -2.29. The molecule has 0 unspecified atom stereocenters. The Labute approximate surface area is 159 Å². The number of rotatable bonds is 5. The van der Waals surface area contributed by atoms with Crippen LogP contribution in [-0.4, -0.2) is 22.5 Å². The van der Waals surface area contributed by atoms with Crippen LogP contribution in [0.5, 0.6) is 0 Å². The predicted octanol–water partition coefficient (Wildman–Crippen LogP) is 4.97. The molecular formula is C19H18N4OS2. The molecule has 5 nitrogen and oxygen atoms in total. The molecule has 4 aromatic rings. The summed E-state index contributed by atoms with van der Waals surface area (Å²) in [7, 11) is 0. The fourth-order valence-corrected chi connectivity index (χ4v) is 4.67. The first-order valence-corrected chi connectivity index (χ1v) is 10.1. The van der Waals surface area contributed by atoms with Gasteiger partial charge in [-0.1, -0.05) is 41.7 Å². The largest absolute Gasteiger partial charge is 0.338 e. The number of carbonyl (C=O) groups excluding carboxylic acids is 1. The smallest absolute Gasteiger partial charge is 0.321 e. The minimum absolute atomic E-state index is 0.220. The molecule has 0 spiro atoms. The third kappa shape index (κ3) is 3.68. The maximum atomic E-state index is 12.1. The van der Waals surface area contributed by atoms with Gasteiger partial charge in [-0.05, 0) is 37.5 Å². The van der Waals surface area contributed by atoms with Gasteiger partial charge in [-0.3, -0.25) is 5.32 Å². The lowest BCUT2D eigenvalue weighted by atomic mass is 10.1. The lowest BCUT2D eigenvalue weighted by Gasteiger charge is -2.05. The fraction of sp³-hybridized carbons (Fsp3) is 0.211. The van der Waals surface area contributed by atoms with Gasteiger partial charge in [-0.2, -0.15) is 0 Å². The number of aromatic nitrogens is 2. The number of nitrogens with one attached hydrogen (secondary N) is 2. The van der Waals surface area contributed by atoms with Crippen LogP contribution in [0.3, 0.4) is 0 Å². The molecule has 0 saturated heterocycles. The Morgan fingerprint density at radius 3 is 2.77 bits per heavy atom. The van der Waals surface area contributed by atoms with Crippen molar-refractivity contribution in [1.29, 1.82) is 0 Å². The topological polar surface area (TPSA) is 66.9 Å². The molecule has 2 N–H and O–H groups in total. The quantitative estimate of drug-likeness (QED) is 0.479. The summed E-state index contributed by atoms with van der Waals surface area (Å²) in [5, 5.41) is 7.35. The van der Waals surface area contributed by atoms with Crippen LogP contribution in [0.4, 0.5) is 9.93 Å². The molecule has 132 valence electrons. The number of benzene rings is 2. The van der Waals surface area contributed by atoms with Crippen molar-refractivity contribution >= 4 is 54.3 Å². The van der Waals surface area contributed by atoms with E-state index in [1.807, 2.05) is 37.3 Å². The van der Waals surface area contributed by atoms with Crippen molar-refractivity contribution < 1.29 is 4.79 Å². The fourth-order valence-electron chi connectivity index (χ4n) is 2.82. The summed E-state index contributed by atoms with van der Waals surface area (Å²) in [6.45, 7) is 2.63. The number of nitrogens with zero attached hydrogens (tertiary/aromatic N) is 2. The predicted molar refractivity (Wildman–Crippen MR) is 109 cm³/mol. The zero-order valence-corrected chi connectivity index (χ0v) is 15.9. The van der Waals surface area contributed by atoms with Crippen molar-refractivity contribution in [1.82, 2.24) is 15.3 Å². The summed E-state index contributed by atoms with van der Waals surface area (Å²) in [5.41, 5.74) is 3.12. The summed E-state index contributed by atoms with van der Waals surface area (Å²) in [4.78, 5) is 21.2. The Kier molecular flexibility index (Phi) is 4.81. The van der Waals surface area contributed by atoms with Crippen LogP contribution in [0.15, 0.2) is 42.5 Å². The van der Waals surface area contributed by atoms with E-state index >= 15 is 0 Å². The highest BCUT2D eigenvalue weighted by molar-refractivity contribution is 7.24. The molecule has 0 saturated carbocycles. The molecule has 26 heavy (non-hydrogen) atoms. The molecular weight excluding hydrogens is 364 g/mol. The van der Waals surface area contributed by atoms with E-state index < -0.39 is 0 Å². The Morgan fingerprint density at radius 2 is 1.92 bits per heavy atom. The summed E-state index contributed by atoms with van der Waals surface area (Å²) in [6.07, 6.45) is 1.85. The van der Waals surface area contributed by atoms with Gasteiger partial charge >= 0.3 is 6.03 Å². The van der Waals surface area contributed by atoms with E-state index in [1.165, 1.54) is 16.9 Å². The minimum Gasteiger partial charge on any atom is -0.338 e. The summed E-state index contributed by atoms with van der Waals surface area (Å²) in [5.74, 6) is 0. The van der Waals surface area contributed by atoms with Gasteiger partial charge in [-0.25, -0.2) is 14.8 Å². The molecule has 0 bridgehead atoms. The molecule has 2 aromatic carbocycles. The van der Waals surface area contributed by atoms with Crippen molar-refractivity contribution in [3.05, 3.63) is 53.0 Å². The van der Waals surface area contributed by atoms with E-state index in [-0.39, 0.29) is 6.03 Å². The highest BCUT2D eigenvalue weighted by Crippen LogP contribution is 2.34. The average molecular weight is 383 g/mol. The van der Waals surface area contributed by atoms with Crippen LogP contribution in [0.25, 0.3) is 20.4 Å². The van der Waals surface area contributed by atoms with E-state index in [1.54, 1.807) is 11.3 Å². The molecule has 0 aliphatic rings. The number of fused-ring (bicyclic) bond motifs is 3. The first-order chi connectivity index (χ1) is 12.7. The molecule has 7 heteroatoms. The number of anilines is 1. The third-order valence-corrected chi connectivity index (χ3v) is 5.94. The molecule has 0 atom stereocenters. The van der Waals surface area contributed by atoms with Crippen LogP contribution in [0.1, 0.15) is 17.0 Å². The number of urea groups is 1. The van der Waals surface area contributed by atoms with Crippen molar-refractivity contribution in [2.24, 2.45) is 0 Å². The molecule has 0 fully saturated rings. The Morgan fingerprint density at radius 1 is 1.08 bits per heavy atom. The number of thiazole rings is 2. The number of carbonyl (C=O) groups is 1. The number of aryl methyl sites for hydroxylation is 2. The summed E-state index contributed by atoms with van der Waals surface area (Å²) in [6, 6.07) is 14.1. The van der Waals surface area contributed by atoms with Crippen molar-refractivity contribution in [3.8, 4) is 0 Å². The van der Waals surface area contributed by atoms with Crippen molar-refractivity contribution in [2.75, 3.05) is 11.9 Å². The Hall–Kier alpha value is -2.51. The van der Waals surface area contributed by atoms with E-state index in [2.05, 4.69) is 32.7 Å². The van der Waals surface area contributed by atoms with Gasteiger partial charge in [0.2, 0.25) is 0 Å². The van der Waals surface area contributed by atoms with E-state index in [0.29, 0.717) is 11.7 Å². The van der Waals surface area contributed by atoms with Gasteiger partial charge < -0.3 is 5.32 Å². The summed E-state index contributed by atoms with van der Waals surface area (Å²) < 4.78 is 2.17. The van der Waals surface area contributed by atoms with Gasteiger partial charge in [0.25, 0.3) is 0 Å². The van der Waals surface area contributed by atoms with Gasteiger partial charge in [0, 0.05) is 6.54 Å². The van der Waals surface area contributed by atoms with E-state index in [0.717, 1.165) is 38.3 Å². The van der Waals surface area contributed by atoms with Crippen LogP contribution in [0, 0.1) is 6.92 Å². The van der Waals surface area contributed by atoms with Crippen LogP contribution < -0.4 is 10.6 Å². The lowest BCUT2D eigenvalue weighted by molar-refractivity contribution is 0.252. The van der Waals surface area contributed by atoms with Crippen molar-refractivity contribution in [2.45, 2.75) is 19.8 Å². The Bertz CT molecular complexity index is 1060. The summed E-state index contributed by atoms with van der Waals surface area (Å²) >= 11 is 3.14. The molecule has 0 aliphatic carbocycles. The minimum atomic E-state index is -0.220. The zero-order valence-electron chi connectivity index (χ0n) is 14.3. The number of hydrogen-bond acceptors (Lipinski definition) is 5. The van der Waals surface area contributed by atoms with E-state index in [9.17, 15) is 4.79 Å². The van der Waals surface area contributed by atoms with Crippen molar-refractivity contribution in [3.63, 3.8) is 0 Å². The SMILES string of the molecule is Cc1nc2c(ccc3nc(NC(=O)NCCCc4ccccc4)sc32)s1. The second kappa shape index (κ2) is 7.39. The molecule has 0 aliphatic heterocycles. The second-order valence-corrected chi connectivity index (χ2v) is 8.22. The molecule has 2 aromatic heterocycles. The maximum absolute atomic E-state index is 12.1. The van der Waals surface area contributed by atoms with Crippen LogP contribution in [0.2, 0.25) is 0 Å². The molecule has 2 heterocycles. The van der Waals surface area contributed by atoms with Gasteiger partial charge in [0.1, 0.15) is 5.52 Å². The van der Waals surface area contributed by atoms with E-state index in [4.69, 9.17) is 0 Å². The highest BCUT2D eigenvalue weighted by Gasteiger charge is 2.12. The second-order valence-electron chi connectivity index (χ2n) is 5.98. The molecule has 0 radical (unpaired) electrons. The van der Waals surface area contributed by atoms with Gasteiger partial charge in [-0.15, -0.1) is 11.3 Å². The third-order valence-electron chi connectivity index (χ3n) is 4.01.